The molecule has 2 aromatic carbocycles. The summed E-state index contributed by atoms with van der Waals surface area (Å²) in [4.78, 5) is 11.1. The number of benzene rings is 2. The third-order valence-electron chi connectivity index (χ3n) is 5.09. The van der Waals surface area contributed by atoms with Crippen molar-refractivity contribution >= 4 is 11.7 Å². The van der Waals surface area contributed by atoms with Crippen LogP contribution >= 0.6 is 0 Å². The molecule has 2 aliphatic rings. The molecule has 0 bridgehead atoms. The molecule has 24 heavy (non-hydrogen) atoms. The molecule has 0 saturated heterocycles. The maximum Gasteiger partial charge on any atom is 0.335 e. The highest BCUT2D eigenvalue weighted by molar-refractivity contribution is 5.87. The van der Waals surface area contributed by atoms with Crippen molar-refractivity contribution in [1.29, 1.82) is 0 Å². The van der Waals surface area contributed by atoms with Gasteiger partial charge in [-0.05, 0) is 53.8 Å². The van der Waals surface area contributed by atoms with Gasteiger partial charge >= 0.3 is 5.97 Å². The Bertz CT molecular complexity index is 810. The highest BCUT2D eigenvalue weighted by Crippen LogP contribution is 2.50. The number of anilines is 1. The molecule has 122 valence electrons. The first-order valence-electron chi connectivity index (χ1n) is 8.12. The van der Waals surface area contributed by atoms with Crippen LogP contribution < -0.4 is 10.1 Å². The summed E-state index contributed by atoms with van der Waals surface area (Å²) in [5.41, 5.74) is 3.84. The maximum atomic E-state index is 11.1. The van der Waals surface area contributed by atoms with E-state index in [1.54, 1.807) is 19.2 Å². The van der Waals surface area contributed by atoms with Crippen molar-refractivity contribution in [1.82, 2.24) is 0 Å². The van der Waals surface area contributed by atoms with Crippen LogP contribution in [0.3, 0.4) is 0 Å². The molecule has 1 aliphatic heterocycles. The van der Waals surface area contributed by atoms with Gasteiger partial charge in [0.25, 0.3) is 0 Å². The average Bonchev–Trinajstić information content (AvgIpc) is 3.10. The van der Waals surface area contributed by atoms with Gasteiger partial charge in [-0.3, -0.25) is 0 Å². The fraction of sp³-hybridized carbons (Fsp3) is 0.250. The highest BCUT2D eigenvalue weighted by Gasteiger charge is 2.38. The number of hydrogen-bond acceptors (Lipinski definition) is 3. The fourth-order valence-corrected chi connectivity index (χ4v) is 3.86. The van der Waals surface area contributed by atoms with Gasteiger partial charge in [0.2, 0.25) is 0 Å². The van der Waals surface area contributed by atoms with E-state index in [2.05, 4.69) is 29.6 Å². The molecule has 4 nitrogen and oxygen atoms in total. The second-order valence-corrected chi connectivity index (χ2v) is 6.36. The highest BCUT2D eigenvalue weighted by atomic mass is 16.5. The molecule has 1 heterocycles. The fourth-order valence-electron chi connectivity index (χ4n) is 3.86. The van der Waals surface area contributed by atoms with Crippen LogP contribution in [0.4, 0.5) is 5.69 Å². The molecule has 4 rings (SSSR count). The average molecular weight is 321 g/mol. The summed E-state index contributed by atoms with van der Waals surface area (Å²) >= 11 is 0. The molecule has 0 aromatic heterocycles. The third-order valence-corrected chi connectivity index (χ3v) is 5.09. The predicted octanol–water partition coefficient (Wildman–Crippen LogP) is 4.22. The summed E-state index contributed by atoms with van der Waals surface area (Å²) in [6.07, 6.45) is 5.53. The summed E-state index contributed by atoms with van der Waals surface area (Å²) < 4.78 is 5.37. The summed E-state index contributed by atoms with van der Waals surface area (Å²) in [5.74, 6) is 0.774. The van der Waals surface area contributed by atoms with Gasteiger partial charge in [0.15, 0.2) is 0 Å². The minimum absolute atomic E-state index is 0.175. The number of carboxylic acid groups (broad SMARTS) is 1. The van der Waals surface area contributed by atoms with Gasteiger partial charge in [-0.25, -0.2) is 4.79 Å². The molecule has 0 spiro atoms. The largest absolute Gasteiger partial charge is 0.497 e. The number of carboxylic acids is 1. The van der Waals surface area contributed by atoms with Crippen molar-refractivity contribution in [3.63, 3.8) is 0 Å². The lowest BCUT2D eigenvalue weighted by molar-refractivity contribution is 0.0697. The molecule has 4 heteroatoms. The molecule has 0 fully saturated rings. The quantitative estimate of drug-likeness (QED) is 0.831. The number of nitrogens with one attached hydrogen (secondary N) is 1. The zero-order valence-electron chi connectivity index (χ0n) is 13.4. The zero-order valence-corrected chi connectivity index (χ0v) is 13.4. The van der Waals surface area contributed by atoms with Crippen LogP contribution in [0.2, 0.25) is 0 Å². The van der Waals surface area contributed by atoms with Gasteiger partial charge in [0, 0.05) is 11.6 Å². The van der Waals surface area contributed by atoms with Gasteiger partial charge in [0.05, 0.1) is 18.7 Å². The minimum Gasteiger partial charge on any atom is -0.497 e. The van der Waals surface area contributed by atoms with Gasteiger partial charge < -0.3 is 15.2 Å². The first-order chi connectivity index (χ1) is 11.7. The molecule has 2 N–H and O–H groups in total. The van der Waals surface area contributed by atoms with Gasteiger partial charge in [0.1, 0.15) is 5.75 Å². The SMILES string of the molecule is COc1ccc2c(c1)[C@H]1C=CC[C@@H]1[C@H](c1ccc(C(=O)O)cc1)N2. The van der Waals surface area contributed by atoms with Crippen LogP contribution in [0, 0.1) is 5.92 Å². The summed E-state index contributed by atoms with van der Waals surface area (Å²) in [7, 11) is 1.69. The van der Waals surface area contributed by atoms with Crippen LogP contribution in [0.1, 0.15) is 39.9 Å². The van der Waals surface area contributed by atoms with Crippen molar-refractivity contribution < 1.29 is 14.6 Å². The van der Waals surface area contributed by atoms with E-state index in [4.69, 9.17) is 9.84 Å². The van der Waals surface area contributed by atoms with Crippen molar-refractivity contribution in [2.45, 2.75) is 18.4 Å². The first-order valence-corrected chi connectivity index (χ1v) is 8.12. The van der Waals surface area contributed by atoms with Crippen molar-refractivity contribution in [2.24, 2.45) is 5.92 Å². The molecule has 3 atom stereocenters. The van der Waals surface area contributed by atoms with Gasteiger partial charge in [-0.1, -0.05) is 24.3 Å². The number of aromatic carboxylic acids is 1. The first kappa shape index (κ1) is 14.8. The molecule has 0 unspecified atom stereocenters. The third kappa shape index (κ3) is 2.35. The lowest BCUT2D eigenvalue weighted by Crippen LogP contribution is -2.29. The van der Waals surface area contributed by atoms with E-state index in [-0.39, 0.29) is 6.04 Å². The Kier molecular flexibility index (Phi) is 3.53. The molecule has 0 amide bonds. The number of rotatable bonds is 3. The Morgan fingerprint density at radius 3 is 2.71 bits per heavy atom. The lowest BCUT2D eigenvalue weighted by Gasteiger charge is -2.37. The van der Waals surface area contributed by atoms with E-state index in [1.165, 1.54) is 5.56 Å². The molecule has 0 saturated carbocycles. The zero-order chi connectivity index (χ0) is 16.7. The number of ether oxygens (including phenoxy) is 1. The topological polar surface area (TPSA) is 58.6 Å². The lowest BCUT2D eigenvalue weighted by atomic mass is 9.77. The molecule has 0 radical (unpaired) electrons. The van der Waals surface area contributed by atoms with Crippen molar-refractivity contribution in [2.75, 3.05) is 12.4 Å². The molecule has 2 aromatic rings. The maximum absolute atomic E-state index is 11.1. The molecule has 1 aliphatic carbocycles. The smallest absolute Gasteiger partial charge is 0.335 e. The number of allylic oxidation sites excluding steroid dienone is 2. The van der Waals surface area contributed by atoms with E-state index in [0.717, 1.165) is 23.4 Å². The Labute approximate surface area is 140 Å². The van der Waals surface area contributed by atoms with E-state index >= 15 is 0 Å². The van der Waals surface area contributed by atoms with E-state index in [1.807, 2.05) is 18.2 Å². The Morgan fingerprint density at radius 2 is 2.00 bits per heavy atom. The molecular weight excluding hydrogens is 302 g/mol. The van der Waals surface area contributed by atoms with Crippen LogP contribution in [0.5, 0.6) is 5.75 Å². The van der Waals surface area contributed by atoms with Crippen LogP contribution in [-0.4, -0.2) is 18.2 Å². The predicted molar refractivity (Wildman–Crippen MR) is 92.7 cm³/mol. The number of methoxy groups -OCH3 is 1. The summed E-state index contributed by atoms with van der Waals surface area (Å²) in [6.45, 7) is 0. The van der Waals surface area contributed by atoms with Gasteiger partial charge in [-0.2, -0.15) is 0 Å². The second kappa shape index (κ2) is 5.71. The number of fused-ring (bicyclic) bond motifs is 3. The van der Waals surface area contributed by atoms with E-state index in [0.29, 0.717) is 17.4 Å². The Balaban J connectivity index is 1.71. The number of hydrogen-bond donors (Lipinski definition) is 2. The van der Waals surface area contributed by atoms with Crippen molar-refractivity contribution in [3.05, 3.63) is 71.3 Å². The van der Waals surface area contributed by atoms with Crippen molar-refractivity contribution in [3.8, 4) is 5.75 Å². The van der Waals surface area contributed by atoms with E-state index < -0.39 is 5.97 Å². The van der Waals surface area contributed by atoms with Gasteiger partial charge in [-0.15, -0.1) is 0 Å². The Hall–Kier alpha value is -2.75. The standard InChI is InChI=1S/C20H19NO3/c1-24-14-9-10-18-17(11-14)15-3-2-4-16(15)19(21-18)12-5-7-13(8-6-12)20(22)23/h2-3,5-11,15-16,19,21H,4H2,1H3,(H,22,23)/t15-,16-,19-/m0/s1. The normalized spacial score (nSPS) is 24.0. The minimum atomic E-state index is -0.893. The summed E-state index contributed by atoms with van der Waals surface area (Å²) in [6, 6.07) is 13.5. The van der Waals surface area contributed by atoms with Crippen LogP contribution in [0.25, 0.3) is 0 Å². The van der Waals surface area contributed by atoms with Crippen LogP contribution in [0.15, 0.2) is 54.6 Å². The number of carbonyl (C=O) groups is 1. The second-order valence-electron chi connectivity index (χ2n) is 6.36. The van der Waals surface area contributed by atoms with E-state index in [9.17, 15) is 4.79 Å². The molecular formula is C20H19NO3. The summed E-state index contributed by atoms with van der Waals surface area (Å²) in [5, 5.41) is 12.7. The van der Waals surface area contributed by atoms with Crippen LogP contribution in [-0.2, 0) is 0 Å². The Morgan fingerprint density at radius 1 is 1.21 bits per heavy atom. The monoisotopic (exact) mass is 321 g/mol.